The summed E-state index contributed by atoms with van der Waals surface area (Å²) in [7, 11) is 0.672. The molecule has 3 unspecified atom stereocenters. The van der Waals surface area contributed by atoms with Gasteiger partial charge in [-0.2, -0.15) is 0 Å². The van der Waals surface area contributed by atoms with Crippen molar-refractivity contribution in [1.29, 1.82) is 0 Å². The number of hydrogen-bond donors (Lipinski definition) is 3. The van der Waals surface area contributed by atoms with E-state index in [1.807, 2.05) is 19.0 Å². The van der Waals surface area contributed by atoms with Gasteiger partial charge in [0, 0.05) is 46.4 Å². The second-order valence-electron chi connectivity index (χ2n) is 12.3. The standard InChI is InChI=1S/C10H21N3O3S.C9H18N2O4S.C9H16N2O4S/c1-11-9-8-17(15,16)7-6-13(10(9)14)5-4-12(2)3;1-10-8-7-16(13,14)6-4-11(9(8)12)3-5-15-2;1-7(12)5-11-3-4-16(14,15)6-8(10-2)9(11)13/h9,11H,4-8H2,1-3H3;8,10H,3-7H2,1-2H3;8,10H,3-6H2,1-2H3. The van der Waals surface area contributed by atoms with E-state index in [-0.39, 0.29) is 77.7 Å². The highest BCUT2D eigenvalue weighted by Crippen LogP contribution is 2.09. The summed E-state index contributed by atoms with van der Waals surface area (Å²) in [4.78, 5) is 53.2. The molecule has 3 rings (SSSR count). The summed E-state index contributed by atoms with van der Waals surface area (Å²) in [6.45, 7) is 4.16. The lowest BCUT2D eigenvalue weighted by Crippen LogP contribution is -2.47. The van der Waals surface area contributed by atoms with Gasteiger partial charge in [-0.3, -0.25) is 19.2 Å². The molecule has 0 aromatic carbocycles. The Morgan fingerprint density at radius 2 is 1.04 bits per heavy atom. The molecule has 21 heteroatoms. The third-order valence-electron chi connectivity index (χ3n) is 7.95. The van der Waals surface area contributed by atoms with Crippen molar-refractivity contribution in [3.05, 3.63) is 0 Å². The molecule has 49 heavy (non-hydrogen) atoms. The molecule has 0 aliphatic carbocycles. The fraction of sp³-hybridized carbons (Fsp3) is 0.857. The van der Waals surface area contributed by atoms with Crippen LogP contribution in [-0.4, -0.2) is 216 Å². The van der Waals surface area contributed by atoms with E-state index in [0.29, 0.717) is 26.2 Å². The predicted octanol–water partition coefficient (Wildman–Crippen LogP) is -4.71. The van der Waals surface area contributed by atoms with Gasteiger partial charge in [0.15, 0.2) is 29.5 Å². The number of rotatable bonds is 11. The number of sulfone groups is 3. The molecule has 0 bridgehead atoms. The predicted molar refractivity (Wildman–Crippen MR) is 185 cm³/mol. The van der Waals surface area contributed by atoms with Crippen LogP contribution in [0.5, 0.6) is 0 Å². The largest absolute Gasteiger partial charge is 0.383 e. The summed E-state index contributed by atoms with van der Waals surface area (Å²) in [6.07, 6.45) is 0. The summed E-state index contributed by atoms with van der Waals surface area (Å²) in [6, 6.07) is -1.99. The minimum atomic E-state index is -3.22. The van der Waals surface area contributed by atoms with Gasteiger partial charge in [-0.05, 0) is 42.2 Å². The monoisotopic (exact) mass is 761 g/mol. The minimum absolute atomic E-state index is 0.0213. The van der Waals surface area contributed by atoms with E-state index in [1.54, 1.807) is 26.1 Å². The molecular weight excluding hydrogens is 707 g/mol. The Labute approximate surface area is 291 Å². The number of ether oxygens (including phenoxy) is 1. The lowest BCUT2D eigenvalue weighted by atomic mass is 10.2. The number of methoxy groups -OCH3 is 1. The van der Waals surface area contributed by atoms with E-state index in [1.165, 1.54) is 23.8 Å². The first kappa shape index (κ1) is 44.8. The van der Waals surface area contributed by atoms with Crippen LogP contribution in [-0.2, 0) is 53.4 Å². The second-order valence-corrected chi connectivity index (χ2v) is 19.0. The van der Waals surface area contributed by atoms with E-state index < -0.39 is 47.6 Å². The first-order valence-corrected chi connectivity index (χ1v) is 21.3. The van der Waals surface area contributed by atoms with Crippen molar-refractivity contribution in [3.63, 3.8) is 0 Å². The quantitative estimate of drug-likeness (QED) is 0.180. The summed E-state index contributed by atoms with van der Waals surface area (Å²) in [5.41, 5.74) is 0. The van der Waals surface area contributed by atoms with Gasteiger partial charge in [0.25, 0.3) is 0 Å². The molecule has 0 saturated carbocycles. The first-order valence-electron chi connectivity index (χ1n) is 15.8. The van der Waals surface area contributed by atoms with Gasteiger partial charge in [-0.25, -0.2) is 25.3 Å². The number of likely N-dealkylation sites (N-methyl/N-ethyl adjacent to an activating group) is 4. The maximum atomic E-state index is 12.1. The molecular formula is C28H55N7O11S3. The van der Waals surface area contributed by atoms with Gasteiger partial charge in [0.1, 0.15) is 23.9 Å². The zero-order valence-corrected chi connectivity index (χ0v) is 32.1. The zero-order valence-electron chi connectivity index (χ0n) is 29.6. The Morgan fingerprint density at radius 1 is 0.694 bits per heavy atom. The first-order chi connectivity index (χ1) is 22.7. The molecule has 3 atom stereocenters. The average molecular weight is 762 g/mol. The number of ketones is 1. The number of carbonyl (C=O) groups excluding carboxylic acids is 4. The fourth-order valence-electron chi connectivity index (χ4n) is 4.98. The van der Waals surface area contributed by atoms with E-state index >= 15 is 0 Å². The van der Waals surface area contributed by atoms with E-state index in [4.69, 9.17) is 4.74 Å². The lowest BCUT2D eigenvalue weighted by molar-refractivity contribution is -0.135. The van der Waals surface area contributed by atoms with Gasteiger partial charge in [-0.1, -0.05) is 0 Å². The Hall–Kier alpha value is -2.27. The zero-order chi connectivity index (χ0) is 37.6. The van der Waals surface area contributed by atoms with Crippen LogP contribution in [0.2, 0.25) is 0 Å². The molecule has 0 spiro atoms. The Morgan fingerprint density at radius 3 is 1.37 bits per heavy atom. The third-order valence-corrected chi connectivity index (χ3v) is 12.9. The Kier molecular flexibility index (Phi) is 18.8. The van der Waals surface area contributed by atoms with E-state index in [9.17, 15) is 44.4 Å². The maximum absolute atomic E-state index is 12.1. The molecule has 18 nitrogen and oxygen atoms in total. The van der Waals surface area contributed by atoms with Crippen molar-refractivity contribution in [1.82, 2.24) is 35.6 Å². The molecule has 3 N–H and O–H groups in total. The number of Topliss-reactive ketones (excluding diaryl/α,β-unsaturated/α-hetero) is 1. The molecule has 0 radical (unpaired) electrons. The van der Waals surface area contributed by atoms with Crippen LogP contribution in [0, 0.1) is 0 Å². The third kappa shape index (κ3) is 16.1. The van der Waals surface area contributed by atoms with Gasteiger partial charge < -0.3 is 40.3 Å². The van der Waals surface area contributed by atoms with E-state index in [0.717, 1.165) is 6.54 Å². The lowest BCUT2D eigenvalue weighted by Gasteiger charge is -2.24. The highest BCUT2D eigenvalue weighted by atomic mass is 32.2. The van der Waals surface area contributed by atoms with Crippen LogP contribution >= 0.6 is 0 Å². The molecule has 3 fully saturated rings. The van der Waals surface area contributed by atoms with Crippen LogP contribution in [0.4, 0.5) is 0 Å². The number of hydrogen-bond acceptors (Lipinski definition) is 15. The van der Waals surface area contributed by atoms with Gasteiger partial charge in [-0.15, -0.1) is 0 Å². The topological polar surface area (TPSA) is 229 Å². The van der Waals surface area contributed by atoms with Crippen molar-refractivity contribution >= 4 is 53.0 Å². The summed E-state index contributed by atoms with van der Waals surface area (Å²) < 4.78 is 74.3. The number of amides is 3. The van der Waals surface area contributed by atoms with Crippen LogP contribution in [0.3, 0.4) is 0 Å². The average Bonchev–Trinajstić information content (AvgIpc) is 3.27. The van der Waals surface area contributed by atoms with Crippen molar-refractivity contribution in [2.24, 2.45) is 0 Å². The highest BCUT2D eigenvalue weighted by Gasteiger charge is 2.34. The summed E-state index contributed by atoms with van der Waals surface area (Å²) in [5.74, 6) is -1.16. The van der Waals surface area contributed by atoms with Crippen molar-refractivity contribution in [3.8, 4) is 0 Å². The molecule has 3 aliphatic rings. The van der Waals surface area contributed by atoms with Crippen molar-refractivity contribution < 1.29 is 49.2 Å². The van der Waals surface area contributed by atoms with Crippen LogP contribution in [0.25, 0.3) is 0 Å². The van der Waals surface area contributed by atoms with E-state index in [2.05, 4.69) is 16.0 Å². The normalized spacial score (nSPS) is 25.3. The van der Waals surface area contributed by atoms with Gasteiger partial charge >= 0.3 is 0 Å². The molecule has 3 amide bonds. The van der Waals surface area contributed by atoms with Gasteiger partial charge in [0.05, 0.1) is 47.7 Å². The minimum Gasteiger partial charge on any atom is -0.383 e. The summed E-state index contributed by atoms with van der Waals surface area (Å²) in [5, 5.41) is 8.20. The maximum Gasteiger partial charge on any atom is 0.241 e. The SMILES string of the molecule is CNC1CS(=O)(=O)CCN(CC(C)=O)C1=O.CNC1CS(=O)(=O)CCN(CCN(C)C)C1=O.CNC1CS(=O)(=O)CCN(CCOC)C1=O. The molecule has 286 valence electrons. The highest BCUT2D eigenvalue weighted by molar-refractivity contribution is 7.92. The molecule has 0 aromatic rings. The summed E-state index contributed by atoms with van der Waals surface area (Å²) >= 11 is 0. The van der Waals surface area contributed by atoms with Crippen LogP contribution < -0.4 is 16.0 Å². The number of nitrogens with zero attached hydrogens (tertiary/aromatic N) is 4. The second kappa shape index (κ2) is 20.5. The fourth-order valence-corrected chi connectivity index (χ4v) is 9.42. The molecule has 3 saturated heterocycles. The molecule has 0 aromatic heterocycles. The smallest absolute Gasteiger partial charge is 0.241 e. The van der Waals surface area contributed by atoms with Gasteiger partial charge in [0.2, 0.25) is 17.7 Å². The molecule has 3 aliphatic heterocycles. The number of carbonyl (C=O) groups is 4. The van der Waals surface area contributed by atoms with Crippen molar-refractivity contribution in [2.75, 3.05) is 129 Å². The Balaban J connectivity index is 0.000000368. The van der Waals surface area contributed by atoms with Crippen LogP contribution in [0.1, 0.15) is 6.92 Å². The molecule has 3 heterocycles. The van der Waals surface area contributed by atoms with Crippen molar-refractivity contribution in [2.45, 2.75) is 25.0 Å². The number of nitrogens with one attached hydrogen (secondary N) is 3. The Bertz CT molecular complexity index is 1440. The van der Waals surface area contributed by atoms with Crippen LogP contribution in [0.15, 0.2) is 0 Å².